The first-order valence-electron chi connectivity index (χ1n) is 5.64. The molecule has 0 spiro atoms. The summed E-state index contributed by atoms with van der Waals surface area (Å²) in [5, 5.41) is 0. The summed E-state index contributed by atoms with van der Waals surface area (Å²) in [5.74, 6) is -1.88. The molecular weight excluding hydrogens is 247 g/mol. The smallest absolute Gasteiger partial charge is 0.250 e. The zero-order chi connectivity index (χ0) is 13.1. The Morgan fingerprint density at radius 1 is 1.22 bits per heavy atom. The summed E-state index contributed by atoms with van der Waals surface area (Å²) >= 11 is 1.39. The van der Waals surface area contributed by atoms with Crippen molar-refractivity contribution in [1.82, 2.24) is 0 Å². The number of ether oxygens (including phenoxy) is 1. The molecule has 18 heavy (non-hydrogen) atoms. The van der Waals surface area contributed by atoms with E-state index in [0.29, 0.717) is 0 Å². The van der Waals surface area contributed by atoms with Crippen LogP contribution in [0, 0.1) is 0 Å². The molecule has 1 aromatic rings. The molecule has 1 aliphatic rings. The van der Waals surface area contributed by atoms with Gasteiger partial charge in [0, 0.05) is 12.0 Å². The predicted molar refractivity (Wildman–Crippen MR) is 74.4 cm³/mol. The highest BCUT2D eigenvalue weighted by atomic mass is 32.2. The lowest BCUT2D eigenvalue weighted by atomic mass is 9.94. The lowest BCUT2D eigenvalue weighted by molar-refractivity contribution is -0.0879. The van der Waals surface area contributed by atoms with Crippen LogP contribution in [0.1, 0.15) is 0 Å². The van der Waals surface area contributed by atoms with Gasteiger partial charge in [0.25, 0.3) is 5.85 Å². The number of rotatable bonds is 4. The zero-order valence-electron chi connectivity index (χ0n) is 10.2. The molecule has 1 nitrogen and oxygen atoms in total. The maximum atomic E-state index is 14.9. The molecule has 0 heterocycles. The summed E-state index contributed by atoms with van der Waals surface area (Å²) in [4.78, 5) is 0.969. The van der Waals surface area contributed by atoms with E-state index >= 15 is 0 Å². The van der Waals surface area contributed by atoms with Crippen LogP contribution in [-0.4, -0.2) is 17.7 Å². The first-order valence-corrected chi connectivity index (χ1v) is 6.46. The van der Waals surface area contributed by atoms with E-state index in [0.717, 1.165) is 4.90 Å². The molecule has 0 bridgehead atoms. The molecule has 2 rings (SSSR count). The van der Waals surface area contributed by atoms with Gasteiger partial charge in [-0.25, -0.2) is 4.39 Å². The standard InChI is InChI=1S/C15H15FOS/c1-3-14(18-13-9-5-4-6-10-13)11-7-8-12-15(14,16)17-2/h3-12H,1H2,2H3. The third-order valence-corrected chi connectivity index (χ3v) is 4.36. The number of halogens is 1. The Labute approximate surface area is 111 Å². The monoisotopic (exact) mass is 262 g/mol. The Morgan fingerprint density at radius 3 is 2.50 bits per heavy atom. The molecule has 2 unspecified atom stereocenters. The van der Waals surface area contributed by atoms with Crippen LogP contribution in [0.5, 0.6) is 0 Å². The molecule has 0 radical (unpaired) electrons. The van der Waals surface area contributed by atoms with Crippen LogP contribution in [-0.2, 0) is 4.74 Å². The molecule has 1 aliphatic carbocycles. The topological polar surface area (TPSA) is 9.23 Å². The summed E-state index contributed by atoms with van der Waals surface area (Å²) in [5.41, 5.74) is 0. The Morgan fingerprint density at radius 2 is 1.89 bits per heavy atom. The van der Waals surface area contributed by atoms with Crippen LogP contribution in [0.3, 0.4) is 0 Å². The summed E-state index contributed by atoms with van der Waals surface area (Å²) in [6, 6.07) is 9.67. The second-order valence-corrected chi connectivity index (χ2v) is 5.33. The number of hydrogen-bond donors (Lipinski definition) is 0. The summed E-state index contributed by atoms with van der Waals surface area (Å²) < 4.78 is 19.0. The van der Waals surface area contributed by atoms with E-state index in [4.69, 9.17) is 4.74 Å². The Bertz CT molecular complexity index is 483. The van der Waals surface area contributed by atoms with Crippen LogP contribution in [0.4, 0.5) is 4.39 Å². The number of methoxy groups -OCH3 is 1. The van der Waals surface area contributed by atoms with Crippen molar-refractivity contribution in [3.05, 3.63) is 67.3 Å². The highest BCUT2D eigenvalue weighted by Crippen LogP contribution is 2.47. The van der Waals surface area contributed by atoms with E-state index in [1.165, 1.54) is 24.9 Å². The fraction of sp³-hybridized carbons (Fsp3) is 0.200. The van der Waals surface area contributed by atoms with Crippen molar-refractivity contribution in [1.29, 1.82) is 0 Å². The molecule has 0 aliphatic heterocycles. The maximum Gasteiger partial charge on any atom is 0.250 e. The van der Waals surface area contributed by atoms with Gasteiger partial charge in [-0.05, 0) is 18.2 Å². The molecule has 2 atom stereocenters. The third kappa shape index (κ3) is 2.16. The van der Waals surface area contributed by atoms with Gasteiger partial charge >= 0.3 is 0 Å². The number of thioether (sulfide) groups is 1. The van der Waals surface area contributed by atoms with Crippen LogP contribution in [0.2, 0.25) is 0 Å². The summed E-state index contributed by atoms with van der Waals surface area (Å²) in [7, 11) is 1.37. The van der Waals surface area contributed by atoms with Gasteiger partial charge < -0.3 is 4.74 Å². The quantitative estimate of drug-likeness (QED) is 0.754. The van der Waals surface area contributed by atoms with Crippen molar-refractivity contribution in [3.63, 3.8) is 0 Å². The second kappa shape index (κ2) is 5.12. The van der Waals surface area contributed by atoms with Gasteiger partial charge in [-0.2, -0.15) is 0 Å². The number of hydrogen-bond acceptors (Lipinski definition) is 2. The fourth-order valence-electron chi connectivity index (χ4n) is 1.89. The van der Waals surface area contributed by atoms with Crippen LogP contribution in [0.15, 0.2) is 72.2 Å². The molecule has 0 N–H and O–H groups in total. The molecule has 0 saturated heterocycles. The third-order valence-electron chi connectivity index (χ3n) is 2.93. The Hall–Kier alpha value is -1.32. The van der Waals surface area contributed by atoms with Crippen LogP contribution in [0.25, 0.3) is 0 Å². The van der Waals surface area contributed by atoms with Gasteiger partial charge in [-0.3, -0.25) is 0 Å². The van der Waals surface area contributed by atoms with E-state index in [2.05, 4.69) is 6.58 Å². The van der Waals surface area contributed by atoms with Crippen molar-refractivity contribution in [2.45, 2.75) is 15.5 Å². The van der Waals surface area contributed by atoms with E-state index in [9.17, 15) is 4.39 Å². The van der Waals surface area contributed by atoms with Gasteiger partial charge in [0.15, 0.2) is 0 Å². The van der Waals surface area contributed by atoms with Gasteiger partial charge in [0.2, 0.25) is 0 Å². The second-order valence-electron chi connectivity index (χ2n) is 3.98. The molecule has 0 aromatic heterocycles. The van der Waals surface area contributed by atoms with Crippen molar-refractivity contribution < 1.29 is 9.13 Å². The van der Waals surface area contributed by atoms with Crippen LogP contribution < -0.4 is 0 Å². The number of allylic oxidation sites excluding steroid dienone is 2. The van der Waals surface area contributed by atoms with E-state index in [1.54, 1.807) is 18.2 Å². The van der Waals surface area contributed by atoms with Gasteiger partial charge in [0.1, 0.15) is 4.75 Å². The normalized spacial score (nSPS) is 30.3. The highest BCUT2D eigenvalue weighted by Gasteiger charge is 2.49. The first kappa shape index (κ1) is 13.1. The average molecular weight is 262 g/mol. The molecule has 94 valence electrons. The van der Waals surface area contributed by atoms with Gasteiger partial charge in [0.05, 0.1) is 0 Å². The van der Waals surface area contributed by atoms with Crippen molar-refractivity contribution >= 4 is 11.8 Å². The fourth-order valence-corrected chi connectivity index (χ4v) is 3.09. The number of benzene rings is 1. The highest BCUT2D eigenvalue weighted by molar-refractivity contribution is 8.01. The minimum Gasteiger partial charge on any atom is -0.344 e. The maximum absolute atomic E-state index is 14.9. The largest absolute Gasteiger partial charge is 0.344 e. The van der Waals surface area contributed by atoms with E-state index in [1.807, 2.05) is 36.4 Å². The molecule has 0 fully saturated rings. The van der Waals surface area contributed by atoms with Crippen LogP contribution >= 0.6 is 11.8 Å². The van der Waals surface area contributed by atoms with E-state index < -0.39 is 10.6 Å². The molecule has 0 saturated carbocycles. The minimum atomic E-state index is -1.88. The Kier molecular flexibility index (Phi) is 3.73. The van der Waals surface area contributed by atoms with Crippen molar-refractivity contribution in [3.8, 4) is 0 Å². The van der Waals surface area contributed by atoms with E-state index in [-0.39, 0.29) is 0 Å². The molecule has 1 aromatic carbocycles. The molecular formula is C15H15FOS. The minimum absolute atomic E-state index is 0.947. The van der Waals surface area contributed by atoms with Crippen molar-refractivity contribution in [2.24, 2.45) is 0 Å². The average Bonchev–Trinajstić information content (AvgIpc) is 2.42. The molecule has 0 amide bonds. The zero-order valence-corrected chi connectivity index (χ0v) is 11.0. The summed E-state index contributed by atoms with van der Waals surface area (Å²) in [6.07, 6.45) is 8.26. The lowest BCUT2D eigenvalue weighted by Crippen LogP contribution is -2.46. The first-order chi connectivity index (χ1) is 8.66. The van der Waals surface area contributed by atoms with Gasteiger partial charge in [-0.1, -0.05) is 42.5 Å². The van der Waals surface area contributed by atoms with Gasteiger partial charge in [-0.15, -0.1) is 18.3 Å². The SMILES string of the molecule is C=CC1(Sc2ccccc2)C=CC=CC1(F)OC. The Balaban J connectivity index is 2.39. The summed E-state index contributed by atoms with van der Waals surface area (Å²) in [6.45, 7) is 3.77. The predicted octanol–water partition coefficient (Wildman–Crippen LogP) is 4.14. The molecule has 3 heteroatoms. The van der Waals surface area contributed by atoms with Crippen molar-refractivity contribution in [2.75, 3.05) is 7.11 Å². The lowest BCUT2D eigenvalue weighted by Gasteiger charge is -2.39. The number of alkyl halides is 1.